The Bertz CT molecular complexity index is 3430. The number of anilines is 8. The van der Waals surface area contributed by atoms with Gasteiger partial charge in [-0.05, 0) is 141 Å². The summed E-state index contributed by atoms with van der Waals surface area (Å²) in [5.74, 6) is 0. The molecule has 4 heteroatoms. The Morgan fingerprint density at radius 1 is 0.329 bits per heavy atom. The third kappa shape index (κ3) is 6.02. The molecule has 332 valence electrons. The molecule has 70 heavy (non-hydrogen) atoms. The van der Waals surface area contributed by atoms with Crippen molar-refractivity contribution in [1.29, 1.82) is 0 Å². The summed E-state index contributed by atoms with van der Waals surface area (Å²) < 4.78 is 0. The summed E-state index contributed by atoms with van der Waals surface area (Å²) in [7, 11) is 0. The second-order valence-corrected chi connectivity index (χ2v) is 20.1. The minimum absolute atomic E-state index is 0.0417. The molecule has 0 bridgehead atoms. The number of fused-ring (bicyclic) bond motifs is 7. The Morgan fingerprint density at radius 2 is 0.714 bits per heavy atom. The van der Waals surface area contributed by atoms with Crippen LogP contribution < -0.4 is 31.1 Å². The topological polar surface area (TPSA) is 9.72 Å². The molecule has 0 spiro atoms. The number of benzene rings is 10. The molecule has 0 amide bonds. The number of para-hydroxylation sites is 1. The van der Waals surface area contributed by atoms with E-state index in [2.05, 4.69) is 271 Å². The van der Waals surface area contributed by atoms with Gasteiger partial charge in [0.2, 0.25) is 0 Å². The standard InChI is InChI=1S/C66H50BN3/c1-65-39-40-66(65,2)70(59-26-16-15-25-56(59)65)55-43-62-64-63(44-55)69(54-35-29-50(30-36-54)46-19-9-4-10-20-46)61-38-32-52(48-23-13-6-14-24-48)42-58(61)67(64)57-41-51(47-21-11-5-12-22-47)31-37-60(57)68(62)53-33-27-49(28-34-53)45-17-7-3-8-18-45/h3-38,41-44H,39-40H2,1-2H3. The monoisotopic (exact) mass is 895 g/mol. The minimum atomic E-state index is -0.0876. The molecule has 10 aromatic rings. The molecule has 4 aliphatic rings. The van der Waals surface area contributed by atoms with Gasteiger partial charge in [0.1, 0.15) is 0 Å². The molecule has 3 aliphatic heterocycles. The van der Waals surface area contributed by atoms with Crippen LogP contribution in [0.2, 0.25) is 0 Å². The quantitative estimate of drug-likeness (QED) is 0.148. The number of hydrogen-bond acceptors (Lipinski definition) is 3. The first-order chi connectivity index (χ1) is 34.4. The van der Waals surface area contributed by atoms with Crippen LogP contribution in [0.3, 0.4) is 0 Å². The highest BCUT2D eigenvalue weighted by molar-refractivity contribution is 7.00. The van der Waals surface area contributed by atoms with Crippen LogP contribution >= 0.6 is 0 Å². The number of rotatable bonds is 7. The van der Waals surface area contributed by atoms with Crippen LogP contribution in [-0.4, -0.2) is 12.3 Å². The zero-order chi connectivity index (χ0) is 46.6. The van der Waals surface area contributed by atoms with Gasteiger partial charge in [-0.3, -0.25) is 0 Å². The highest BCUT2D eigenvalue weighted by Gasteiger charge is 2.63. The van der Waals surface area contributed by atoms with Gasteiger partial charge < -0.3 is 14.7 Å². The summed E-state index contributed by atoms with van der Waals surface area (Å²) in [6.07, 6.45) is 2.30. The average Bonchev–Trinajstić information content (AvgIpc) is 3.56. The largest absolute Gasteiger partial charge is 0.334 e. The molecule has 14 rings (SSSR count). The molecular weight excluding hydrogens is 846 g/mol. The average molecular weight is 896 g/mol. The third-order valence-electron chi connectivity index (χ3n) is 16.5. The van der Waals surface area contributed by atoms with Gasteiger partial charge in [0.25, 0.3) is 6.71 Å². The van der Waals surface area contributed by atoms with Crippen molar-refractivity contribution in [3.05, 3.63) is 248 Å². The second-order valence-electron chi connectivity index (χ2n) is 20.1. The Morgan fingerprint density at radius 3 is 1.14 bits per heavy atom. The van der Waals surface area contributed by atoms with Crippen molar-refractivity contribution in [3.8, 4) is 44.5 Å². The summed E-state index contributed by atoms with van der Waals surface area (Å²) >= 11 is 0. The molecule has 3 heterocycles. The van der Waals surface area contributed by atoms with E-state index in [1.807, 2.05) is 0 Å². The summed E-state index contributed by atoms with van der Waals surface area (Å²) in [5, 5.41) is 0. The van der Waals surface area contributed by atoms with E-state index in [0.717, 1.165) is 17.8 Å². The maximum Gasteiger partial charge on any atom is 0.252 e. The third-order valence-corrected chi connectivity index (χ3v) is 16.5. The van der Waals surface area contributed by atoms with Crippen LogP contribution in [0.15, 0.2) is 243 Å². The van der Waals surface area contributed by atoms with Crippen LogP contribution in [0.25, 0.3) is 44.5 Å². The van der Waals surface area contributed by atoms with Crippen molar-refractivity contribution in [2.75, 3.05) is 14.7 Å². The zero-order valence-corrected chi connectivity index (χ0v) is 39.4. The molecule has 0 saturated heterocycles. The van der Waals surface area contributed by atoms with Crippen molar-refractivity contribution < 1.29 is 0 Å². The first-order valence-electron chi connectivity index (χ1n) is 24.8. The smallest absolute Gasteiger partial charge is 0.252 e. The van der Waals surface area contributed by atoms with Gasteiger partial charge in [-0.15, -0.1) is 0 Å². The minimum Gasteiger partial charge on any atom is -0.334 e. The first-order valence-corrected chi connectivity index (χ1v) is 24.8. The fourth-order valence-corrected chi connectivity index (χ4v) is 12.6. The predicted molar refractivity (Wildman–Crippen MR) is 296 cm³/mol. The summed E-state index contributed by atoms with van der Waals surface area (Å²) in [5.41, 5.74) is 24.6. The Labute approximate surface area is 411 Å². The van der Waals surface area contributed by atoms with Crippen LogP contribution in [-0.2, 0) is 5.41 Å². The van der Waals surface area contributed by atoms with Crippen molar-refractivity contribution in [2.45, 2.75) is 37.6 Å². The zero-order valence-electron chi connectivity index (χ0n) is 39.4. The van der Waals surface area contributed by atoms with Gasteiger partial charge >= 0.3 is 0 Å². The molecule has 3 nitrogen and oxygen atoms in total. The van der Waals surface area contributed by atoms with Gasteiger partial charge in [-0.25, -0.2) is 0 Å². The normalized spacial score (nSPS) is 18.0. The molecule has 1 saturated carbocycles. The Balaban J connectivity index is 1.07. The van der Waals surface area contributed by atoms with E-state index < -0.39 is 0 Å². The predicted octanol–water partition coefficient (Wildman–Crippen LogP) is 15.4. The van der Waals surface area contributed by atoms with Crippen molar-refractivity contribution >= 4 is 68.6 Å². The molecule has 1 fully saturated rings. The lowest BCUT2D eigenvalue weighted by atomic mass is 9.33. The second kappa shape index (κ2) is 15.6. The molecule has 0 N–H and O–H groups in total. The van der Waals surface area contributed by atoms with E-state index >= 15 is 0 Å². The van der Waals surface area contributed by atoms with E-state index in [9.17, 15) is 0 Å². The van der Waals surface area contributed by atoms with Gasteiger partial charge in [0.15, 0.2) is 0 Å². The number of hydrogen-bond donors (Lipinski definition) is 0. The molecule has 2 atom stereocenters. The maximum atomic E-state index is 2.72. The van der Waals surface area contributed by atoms with E-state index in [-0.39, 0.29) is 17.7 Å². The van der Waals surface area contributed by atoms with E-state index in [0.29, 0.717) is 0 Å². The van der Waals surface area contributed by atoms with E-state index in [1.165, 1.54) is 107 Å². The van der Waals surface area contributed by atoms with Crippen molar-refractivity contribution in [1.82, 2.24) is 0 Å². The van der Waals surface area contributed by atoms with Gasteiger partial charge in [0.05, 0.1) is 5.54 Å². The first kappa shape index (κ1) is 40.7. The lowest BCUT2D eigenvalue weighted by molar-refractivity contribution is 0.133. The van der Waals surface area contributed by atoms with Crippen LogP contribution in [0.4, 0.5) is 45.5 Å². The van der Waals surface area contributed by atoms with Crippen LogP contribution in [0.1, 0.15) is 32.3 Å². The molecule has 10 aromatic carbocycles. The lowest BCUT2D eigenvalue weighted by Crippen LogP contribution is -2.62. The maximum absolute atomic E-state index is 2.72. The van der Waals surface area contributed by atoms with Gasteiger partial charge in [-0.2, -0.15) is 0 Å². The fourth-order valence-electron chi connectivity index (χ4n) is 12.6. The Kier molecular flexibility index (Phi) is 9.07. The van der Waals surface area contributed by atoms with Gasteiger partial charge in [0, 0.05) is 50.9 Å². The molecule has 0 radical (unpaired) electrons. The van der Waals surface area contributed by atoms with Crippen molar-refractivity contribution in [2.24, 2.45) is 0 Å². The molecule has 1 aliphatic carbocycles. The van der Waals surface area contributed by atoms with E-state index in [4.69, 9.17) is 0 Å². The van der Waals surface area contributed by atoms with Crippen LogP contribution in [0.5, 0.6) is 0 Å². The molecule has 2 unspecified atom stereocenters. The fraction of sp³-hybridized carbons (Fsp3) is 0.0909. The van der Waals surface area contributed by atoms with Gasteiger partial charge in [-0.1, -0.05) is 195 Å². The molecular formula is C66H50BN3. The lowest BCUT2D eigenvalue weighted by Gasteiger charge is -2.56. The highest BCUT2D eigenvalue weighted by Crippen LogP contribution is 2.65. The summed E-state index contributed by atoms with van der Waals surface area (Å²) in [6.45, 7) is 4.94. The SMILES string of the molecule is CC12CCC1(C)N(c1cc3c4c(c1)N(c1ccc(-c5ccccc5)cc1)c1ccc(-c5ccccc5)cc1B4c1cc(-c4ccccc4)ccc1N3c1ccc(-c3ccccc3)cc1)c1ccccc12. The Hall–Kier alpha value is -8.34. The van der Waals surface area contributed by atoms with Crippen LogP contribution in [0, 0.1) is 0 Å². The highest BCUT2D eigenvalue weighted by atomic mass is 15.3. The van der Waals surface area contributed by atoms with E-state index in [1.54, 1.807) is 0 Å². The number of nitrogens with zero attached hydrogens (tertiary/aromatic N) is 3. The summed E-state index contributed by atoms with van der Waals surface area (Å²) in [4.78, 5) is 7.86. The molecule has 0 aromatic heterocycles. The summed E-state index contributed by atoms with van der Waals surface area (Å²) in [6, 6.07) is 90.5. The van der Waals surface area contributed by atoms with Crippen molar-refractivity contribution in [3.63, 3.8) is 0 Å².